The summed E-state index contributed by atoms with van der Waals surface area (Å²) < 4.78 is 13.6. The Morgan fingerprint density at radius 1 is 1.00 bits per heavy atom. The highest BCUT2D eigenvalue weighted by molar-refractivity contribution is 5.43. The van der Waals surface area contributed by atoms with Gasteiger partial charge in [0.2, 0.25) is 0 Å². The summed E-state index contributed by atoms with van der Waals surface area (Å²) in [5, 5.41) is 11.0. The normalized spacial score (nSPS) is 17.1. The van der Waals surface area contributed by atoms with Crippen molar-refractivity contribution in [2.75, 3.05) is 0 Å². The summed E-state index contributed by atoms with van der Waals surface area (Å²) in [5.74, 6) is -0.311. The number of fused-ring (bicyclic) bond motifs is 1. The molecule has 0 aromatic heterocycles. The van der Waals surface area contributed by atoms with Crippen LogP contribution in [0.4, 0.5) is 4.39 Å². The first kappa shape index (κ1) is 14.3. The molecule has 1 N–H and O–H groups in total. The predicted octanol–water partition coefficient (Wildman–Crippen LogP) is 4.27. The molecule has 2 heteroatoms. The van der Waals surface area contributed by atoms with Gasteiger partial charge in [0.15, 0.2) is 0 Å². The van der Waals surface area contributed by atoms with Gasteiger partial charge in [-0.2, -0.15) is 0 Å². The number of rotatable bonds is 2. The zero-order valence-corrected chi connectivity index (χ0v) is 12.6. The van der Waals surface area contributed by atoms with Gasteiger partial charge in [-0.1, -0.05) is 24.3 Å². The van der Waals surface area contributed by atoms with E-state index in [1.54, 1.807) is 13.0 Å². The number of benzene rings is 2. The van der Waals surface area contributed by atoms with Crippen molar-refractivity contribution in [1.82, 2.24) is 0 Å². The molecule has 1 nitrogen and oxygen atoms in total. The van der Waals surface area contributed by atoms with Crippen molar-refractivity contribution < 1.29 is 9.50 Å². The lowest BCUT2D eigenvalue weighted by Gasteiger charge is -2.28. The average Bonchev–Trinajstić information content (AvgIpc) is 2.49. The summed E-state index contributed by atoms with van der Waals surface area (Å²) in [6.45, 7) is 3.65. The molecule has 0 bridgehead atoms. The summed E-state index contributed by atoms with van der Waals surface area (Å²) in [6.07, 6.45) is 4.64. The third kappa shape index (κ3) is 2.60. The molecule has 1 atom stereocenters. The fourth-order valence-corrected chi connectivity index (χ4v) is 3.31. The minimum absolute atomic E-state index is 0.311. The molecule has 0 fully saturated rings. The first-order chi connectivity index (χ1) is 9.98. The standard InChI is InChI=1S/C19H21FO/c1-13-7-10-17(20)12-18(13)19(2,21)16-9-8-14-5-3-4-6-15(14)11-16/h7-12,21H,3-6H2,1-2H3. The van der Waals surface area contributed by atoms with E-state index in [4.69, 9.17) is 0 Å². The quantitative estimate of drug-likeness (QED) is 0.873. The van der Waals surface area contributed by atoms with Crippen LogP contribution in [0.2, 0.25) is 0 Å². The molecule has 21 heavy (non-hydrogen) atoms. The van der Waals surface area contributed by atoms with Crippen molar-refractivity contribution in [3.8, 4) is 0 Å². The molecule has 2 aromatic rings. The largest absolute Gasteiger partial charge is 0.381 e. The summed E-state index contributed by atoms with van der Waals surface area (Å²) in [6, 6.07) is 10.8. The fourth-order valence-electron chi connectivity index (χ4n) is 3.31. The van der Waals surface area contributed by atoms with Crippen molar-refractivity contribution in [2.24, 2.45) is 0 Å². The van der Waals surface area contributed by atoms with E-state index < -0.39 is 5.60 Å². The molecule has 0 spiro atoms. The molecule has 0 saturated carbocycles. The van der Waals surface area contributed by atoms with E-state index in [2.05, 4.69) is 12.1 Å². The van der Waals surface area contributed by atoms with Gasteiger partial charge in [0.25, 0.3) is 0 Å². The highest BCUT2D eigenvalue weighted by Crippen LogP contribution is 2.34. The second kappa shape index (κ2) is 5.27. The van der Waals surface area contributed by atoms with E-state index in [0.29, 0.717) is 5.56 Å². The minimum atomic E-state index is -1.17. The topological polar surface area (TPSA) is 20.2 Å². The molecule has 0 amide bonds. The highest BCUT2D eigenvalue weighted by atomic mass is 19.1. The van der Waals surface area contributed by atoms with Gasteiger partial charge in [-0.15, -0.1) is 0 Å². The van der Waals surface area contributed by atoms with Gasteiger partial charge >= 0.3 is 0 Å². The van der Waals surface area contributed by atoms with E-state index in [-0.39, 0.29) is 5.82 Å². The zero-order valence-electron chi connectivity index (χ0n) is 12.6. The van der Waals surface area contributed by atoms with Crippen LogP contribution in [-0.2, 0) is 18.4 Å². The van der Waals surface area contributed by atoms with Gasteiger partial charge in [-0.05, 0) is 79.5 Å². The molecule has 2 aromatic carbocycles. The molecule has 0 radical (unpaired) electrons. The Hall–Kier alpha value is -1.67. The summed E-state index contributed by atoms with van der Waals surface area (Å²) in [5.41, 5.74) is 3.93. The monoisotopic (exact) mass is 284 g/mol. The Balaban J connectivity index is 2.07. The number of aryl methyl sites for hydroxylation is 3. The minimum Gasteiger partial charge on any atom is -0.381 e. The third-order valence-corrected chi connectivity index (χ3v) is 4.63. The number of hydrogen-bond acceptors (Lipinski definition) is 1. The molecule has 0 saturated heterocycles. The molecule has 110 valence electrons. The number of hydrogen-bond donors (Lipinski definition) is 1. The summed E-state index contributed by atoms with van der Waals surface area (Å²) >= 11 is 0. The first-order valence-electron chi connectivity index (χ1n) is 7.60. The van der Waals surface area contributed by atoms with E-state index in [9.17, 15) is 9.50 Å². The zero-order chi connectivity index (χ0) is 15.0. The van der Waals surface area contributed by atoms with Gasteiger partial charge in [0.05, 0.1) is 0 Å². The molecule has 0 aliphatic heterocycles. The van der Waals surface area contributed by atoms with Crippen LogP contribution >= 0.6 is 0 Å². The second-order valence-electron chi connectivity index (χ2n) is 6.22. The van der Waals surface area contributed by atoms with Crippen LogP contribution in [0.25, 0.3) is 0 Å². The fraction of sp³-hybridized carbons (Fsp3) is 0.368. The van der Waals surface area contributed by atoms with Crippen LogP contribution < -0.4 is 0 Å². The van der Waals surface area contributed by atoms with Gasteiger partial charge in [0.1, 0.15) is 11.4 Å². The van der Waals surface area contributed by atoms with Crippen LogP contribution in [0.15, 0.2) is 36.4 Å². The maximum atomic E-state index is 13.6. The third-order valence-electron chi connectivity index (χ3n) is 4.63. The summed E-state index contributed by atoms with van der Waals surface area (Å²) in [7, 11) is 0. The second-order valence-corrected chi connectivity index (χ2v) is 6.22. The molecule has 1 unspecified atom stereocenters. The van der Waals surface area contributed by atoms with Crippen LogP contribution in [0, 0.1) is 12.7 Å². The lowest BCUT2D eigenvalue weighted by atomic mass is 9.82. The van der Waals surface area contributed by atoms with Crippen LogP contribution in [-0.4, -0.2) is 5.11 Å². The van der Waals surface area contributed by atoms with Crippen LogP contribution in [0.5, 0.6) is 0 Å². The molecule has 1 aliphatic carbocycles. The van der Waals surface area contributed by atoms with Crippen molar-refractivity contribution >= 4 is 0 Å². The molecule has 0 heterocycles. The lowest BCUT2D eigenvalue weighted by Crippen LogP contribution is -2.25. The Morgan fingerprint density at radius 2 is 1.71 bits per heavy atom. The average molecular weight is 284 g/mol. The van der Waals surface area contributed by atoms with Crippen molar-refractivity contribution in [1.29, 1.82) is 0 Å². The molecular formula is C19H21FO. The van der Waals surface area contributed by atoms with Gasteiger partial charge < -0.3 is 5.11 Å². The van der Waals surface area contributed by atoms with Crippen LogP contribution in [0.1, 0.15) is 47.6 Å². The SMILES string of the molecule is Cc1ccc(F)cc1C(C)(O)c1ccc2c(c1)CCCC2. The van der Waals surface area contributed by atoms with Crippen molar-refractivity contribution in [3.05, 3.63) is 70.0 Å². The van der Waals surface area contributed by atoms with Crippen LogP contribution in [0.3, 0.4) is 0 Å². The Labute approximate surface area is 125 Å². The smallest absolute Gasteiger partial charge is 0.123 e. The summed E-state index contributed by atoms with van der Waals surface area (Å²) in [4.78, 5) is 0. The van der Waals surface area contributed by atoms with E-state index in [1.165, 1.54) is 36.1 Å². The number of aliphatic hydroxyl groups is 1. The van der Waals surface area contributed by atoms with E-state index in [0.717, 1.165) is 24.0 Å². The van der Waals surface area contributed by atoms with E-state index in [1.807, 2.05) is 13.0 Å². The number of halogens is 1. The van der Waals surface area contributed by atoms with Gasteiger partial charge in [-0.25, -0.2) is 4.39 Å². The first-order valence-corrected chi connectivity index (χ1v) is 7.60. The Kier molecular flexibility index (Phi) is 3.58. The lowest BCUT2D eigenvalue weighted by molar-refractivity contribution is 0.101. The molecular weight excluding hydrogens is 263 g/mol. The molecule has 3 rings (SSSR count). The predicted molar refractivity (Wildman–Crippen MR) is 82.9 cm³/mol. The maximum Gasteiger partial charge on any atom is 0.123 e. The van der Waals surface area contributed by atoms with Crippen molar-refractivity contribution in [3.63, 3.8) is 0 Å². The molecule has 1 aliphatic rings. The highest BCUT2D eigenvalue weighted by Gasteiger charge is 2.28. The van der Waals surface area contributed by atoms with Gasteiger partial charge in [0, 0.05) is 0 Å². The van der Waals surface area contributed by atoms with Gasteiger partial charge in [-0.3, -0.25) is 0 Å². The Bertz CT molecular complexity index is 673. The van der Waals surface area contributed by atoms with Crippen molar-refractivity contribution in [2.45, 2.75) is 45.1 Å². The van der Waals surface area contributed by atoms with E-state index >= 15 is 0 Å². The Morgan fingerprint density at radius 3 is 2.48 bits per heavy atom. The maximum absolute atomic E-state index is 13.6.